The van der Waals surface area contributed by atoms with Crippen LogP contribution in [0.2, 0.25) is 0 Å². The zero-order valence-corrected chi connectivity index (χ0v) is 18.4. The lowest BCUT2D eigenvalue weighted by Gasteiger charge is -2.40. The summed E-state index contributed by atoms with van der Waals surface area (Å²) >= 11 is 0. The van der Waals surface area contributed by atoms with Crippen LogP contribution >= 0.6 is 0 Å². The number of carbonyl (C=O) groups is 1. The number of hydrogen-bond acceptors (Lipinski definition) is 6. The first-order valence-corrected chi connectivity index (χ1v) is 10.9. The maximum Gasteiger partial charge on any atom is 0.322 e. The summed E-state index contributed by atoms with van der Waals surface area (Å²) in [5, 5.41) is 3.03. The van der Waals surface area contributed by atoms with E-state index < -0.39 is 0 Å². The average molecular weight is 433 g/mol. The Balaban J connectivity index is 1.39. The van der Waals surface area contributed by atoms with Gasteiger partial charge in [-0.2, -0.15) is 0 Å². The van der Waals surface area contributed by atoms with Crippen LogP contribution in [0.1, 0.15) is 25.0 Å². The predicted molar refractivity (Wildman–Crippen MR) is 124 cm³/mol. The van der Waals surface area contributed by atoms with Crippen molar-refractivity contribution >= 4 is 17.5 Å². The smallest absolute Gasteiger partial charge is 0.322 e. The Morgan fingerprint density at radius 3 is 2.69 bits per heavy atom. The van der Waals surface area contributed by atoms with Crippen molar-refractivity contribution in [1.82, 2.24) is 19.9 Å². The fourth-order valence-electron chi connectivity index (χ4n) is 3.78. The number of aromatic nitrogens is 3. The zero-order valence-electron chi connectivity index (χ0n) is 18.4. The van der Waals surface area contributed by atoms with Gasteiger partial charge in [-0.25, -0.2) is 14.8 Å². The van der Waals surface area contributed by atoms with E-state index in [9.17, 15) is 4.79 Å². The molecule has 1 N–H and O–H groups in total. The minimum absolute atomic E-state index is 0.00756. The number of aryl methyl sites for hydroxylation is 1. The SMILES string of the molecule is CCc1cccc(NC(=O)N2CCN(c3nccnc3OCc3ccncc3)CC2C)c1. The van der Waals surface area contributed by atoms with Gasteiger partial charge in [0.1, 0.15) is 6.61 Å². The molecule has 32 heavy (non-hydrogen) atoms. The number of nitrogens with zero attached hydrogens (tertiary/aromatic N) is 5. The van der Waals surface area contributed by atoms with E-state index in [1.165, 1.54) is 5.56 Å². The number of ether oxygens (including phenoxy) is 1. The fourth-order valence-corrected chi connectivity index (χ4v) is 3.78. The quantitative estimate of drug-likeness (QED) is 0.639. The Morgan fingerprint density at radius 2 is 1.91 bits per heavy atom. The number of nitrogens with one attached hydrogen (secondary N) is 1. The van der Waals surface area contributed by atoms with Gasteiger partial charge in [0.25, 0.3) is 5.88 Å². The van der Waals surface area contributed by atoms with E-state index in [4.69, 9.17) is 4.74 Å². The van der Waals surface area contributed by atoms with Gasteiger partial charge >= 0.3 is 6.03 Å². The Hall–Kier alpha value is -3.68. The van der Waals surface area contributed by atoms with Crippen LogP contribution in [-0.4, -0.2) is 51.6 Å². The van der Waals surface area contributed by atoms with E-state index in [-0.39, 0.29) is 12.1 Å². The molecule has 0 radical (unpaired) electrons. The number of benzene rings is 1. The Kier molecular flexibility index (Phi) is 6.79. The van der Waals surface area contributed by atoms with Crippen LogP contribution in [0.5, 0.6) is 5.88 Å². The number of rotatable bonds is 6. The summed E-state index contributed by atoms with van der Waals surface area (Å²) < 4.78 is 5.95. The molecule has 1 fully saturated rings. The topological polar surface area (TPSA) is 83.5 Å². The maximum atomic E-state index is 12.9. The Bertz CT molecular complexity index is 1050. The number of hydrogen-bond donors (Lipinski definition) is 1. The molecule has 3 aromatic rings. The summed E-state index contributed by atoms with van der Waals surface area (Å²) in [4.78, 5) is 29.8. The Labute approximate surface area is 188 Å². The van der Waals surface area contributed by atoms with Crippen LogP contribution in [0.25, 0.3) is 0 Å². The lowest BCUT2D eigenvalue weighted by atomic mass is 10.1. The van der Waals surface area contributed by atoms with Gasteiger partial charge in [-0.15, -0.1) is 0 Å². The van der Waals surface area contributed by atoms with Gasteiger partial charge in [0.2, 0.25) is 0 Å². The summed E-state index contributed by atoms with van der Waals surface area (Å²) in [5.74, 6) is 1.19. The summed E-state index contributed by atoms with van der Waals surface area (Å²) in [6.07, 6.45) is 7.70. The molecule has 1 atom stereocenters. The monoisotopic (exact) mass is 432 g/mol. The van der Waals surface area contributed by atoms with Crippen LogP contribution in [0.15, 0.2) is 61.2 Å². The minimum Gasteiger partial charge on any atom is -0.470 e. The second-order valence-electron chi connectivity index (χ2n) is 7.80. The minimum atomic E-state index is -0.0845. The molecule has 0 aliphatic carbocycles. The molecule has 0 spiro atoms. The molecule has 166 valence electrons. The molecule has 0 saturated carbocycles. The molecule has 2 amide bonds. The highest BCUT2D eigenvalue weighted by Crippen LogP contribution is 2.26. The molecular weight excluding hydrogens is 404 g/mol. The number of anilines is 2. The van der Waals surface area contributed by atoms with E-state index in [0.29, 0.717) is 37.9 Å². The summed E-state index contributed by atoms with van der Waals surface area (Å²) in [5.41, 5.74) is 3.03. The van der Waals surface area contributed by atoms with Crippen molar-refractivity contribution in [3.8, 4) is 5.88 Å². The lowest BCUT2D eigenvalue weighted by Crippen LogP contribution is -2.55. The van der Waals surface area contributed by atoms with Crippen LogP contribution in [0.4, 0.5) is 16.3 Å². The molecule has 1 saturated heterocycles. The van der Waals surface area contributed by atoms with Gasteiger partial charge in [-0.1, -0.05) is 19.1 Å². The number of urea groups is 1. The zero-order chi connectivity index (χ0) is 22.3. The normalized spacial score (nSPS) is 16.0. The molecule has 1 unspecified atom stereocenters. The third-order valence-electron chi connectivity index (χ3n) is 5.55. The Morgan fingerprint density at radius 1 is 1.09 bits per heavy atom. The van der Waals surface area contributed by atoms with E-state index in [1.54, 1.807) is 24.8 Å². The number of amides is 2. The van der Waals surface area contributed by atoms with Crippen LogP contribution in [-0.2, 0) is 13.0 Å². The molecule has 4 rings (SSSR count). The van der Waals surface area contributed by atoms with Crippen molar-refractivity contribution in [2.45, 2.75) is 32.9 Å². The maximum absolute atomic E-state index is 12.9. The van der Waals surface area contributed by atoms with Gasteiger partial charge < -0.3 is 19.9 Å². The summed E-state index contributed by atoms with van der Waals surface area (Å²) in [7, 11) is 0. The van der Waals surface area contributed by atoms with Crippen molar-refractivity contribution in [3.63, 3.8) is 0 Å². The molecule has 1 aliphatic rings. The van der Waals surface area contributed by atoms with Crippen molar-refractivity contribution < 1.29 is 9.53 Å². The molecule has 8 nitrogen and oxygen atoms in total. The van der Waals surface area contributed by atoms with Crippen molar-refractivity contribution in [3.05, 3.63) is 72.3 Å². The van der Waals surface area contributed by atoms with Gasteiger partial charge in [0, 0.05) is 56.2 Å². The molecule has 8 heteroatoms. The van der Waals surface area contributed by atoms with E-state index >= 15 is 0 Å². The number of piperazine rings is 1. The lowest BCUT2D eigenvalue weighted by molar-refractivity contribution is 0.184. The number of pyridine rings is 1. The summed E-state index contributed by atoms with van der Waals surface area (Å²) in [6, 6.07) is 11.7. The third-order valence-corrected chi connectivity index (χ3v) is 5.55. The largest absolute Gasteiger partial charge is 0.470 e. The molecule has 3 heterocycles. The van der Waals surface area contributed by atoms with Crippen molar-refractivity contribution in [2.75, 3.05) is 29.9 Å². The molecule has 0 bridgehead atoms. The van der Waals surface area contributed by atoms with E-state index in [1.807, 2.05) is 42.2 Å². The first kappa shape index (κ1) is 21.5. The van der Waals surface area contributed by atoms with Crippen LogP contribution in [0, 0.1) is 0 Å². The molecule has 2 aromatic heterocycles. The summed E-state index contributed by atoms with van der Waals surface area (Å²) in [6.45, 7) is 6.42. The second-order valence-corrected chi connectivity index (χ2v) is 7.80. The van der Waals surface area contributed by atoms with Crippen LogP contribution < -0.4 is 15.0 Å². The molecular formula is C24H28N6O2. The highest BCUT2D eigenvalue weighted by Gasteiger charge is 2.29. The first-order chi connectivity index (χ1) is 15.6. The second kappa shape index (κ2) is 10.1. The van der Waals surface area contributed by atoms with Gasteiger partial charge in [-0.3, -0.25) is 4.98 Å². The highest BCUT2D eigenvalue weighted by atomic mass is 16.5. The molecule has 1 aromatic carbocycles. The van der Waals surface area contributed by atoms with Gasteiger partial charge in [0.15, 0.2) is 5.82 Å². The highest BCUT2D eigenvalue weighted by molar-refractivity contribution is 5.89. The standard InChI is InChI=1S/C24H28N6O2/c1-3-19-5-4-6-21(15-19)28-24(31)30-14-13-29(16-18(30)2)22-23(27-12-11-26-22)32-17-20-7-9-25-10-8-20/h4-12,15,18H,3,13-14,16-17H2,1-2H3,(H,28,31). The third kappa shape index (κ3) is 5.14. The van der Waals surface area contributed by atoms with Crippen molar-refractivity contribution in [2.24, 2.45) is 0 Å². The van der Waals surface area contributed by atoms with Gasteiger partial charge in [0.05, 0.1) is 0 Å². The van der Waals surface area contributed by atoms with E-state index in [2.05, 4.69) is 38.2 Å². The van der Waals surface area contributed by atoms with Crippen LogP contribution in [0.3, 0.4) is 0 Å². The van der Waals surface area contributed by atoms with Crippen molar-refractivity contribution in [1.29, 1.82) is 0 Å². The fraction of sp³-hybridized carbons (Fsp3) is 0.333. The average Bonchev–Trinajstić information content (AvgIpc) is 2.83. The number of carbonyl (C=O) groups excluding carboxylic acids is 1. The predicted octanol–water partition coefficient (Wildman–Crippen LogP) is 3.76. The first-order valence-electron chi connectivity index (χ1n) is 10.9. The van der Waals surface area contributed by atoms with E-state index in [0.717, 1.165) is 17.7 Å². The van der Waals surface area contributed by atoms with Gasteiger partial charge in [-0.05, 0) is 48.7 Å². The molecule has 1 aliphatic heterocycles.